The molecule has 0 aromatic carbocycles. The van der Waals surface area contributed by atoms with Crippen LogP contribution >= 0.6 is 11.6 Å². The van der Waals surface area contributed by atoms with Gasteiger partial charge < -0.3 is 9.88 Å². The van der Waals surface area contributed by atoms with Crippen molar-refractivity contribution in [1.82, 2.24) is 14.9 Å². The number of alkyl halides is 1. The van der Waals surface area contributed by atoms with Crippen LogP contribution in [0.4, 0.5) is 0 Å². The van der Waals surface area contributed by atoms with Crippen molar-refractivity contribution in [3.8, 4) is 0 Å². The molecule has 0 aliphatic rings. The van der Waals surface area contributed by atoms with E-state index in [2.05, 4.69) is 28.7 Å². The quantitative estimate of drug-likeness (QED) is 0.785. The third kappa shape index (κ3) is 3.50. The summed E-state index contributed by atoms with van der Waals surface area (Å²) >= 11 is 6.08. The summed E-state index contributed by atoms with van der Waals surface area (Å²) in [4.78, 5) is 4.18. The summed E-state index contributed by atoms with van der Waals surface area (Å²) in [6.07, 6.45) is 3.82. The second kappa shape index (κ2) is 4.99. The summed E-state index contributed by atoms with van der Waals surface area (Å²) in [6, 6.07) is 0. The molecule has 0 bridgehead atoms. The molecule has 1 unspecified atom stereocenters. The van der Waals surface area contributed by atoms with Crippen LogP contribution in [0.2, 0.25) is 0 Å². The largest absolute Gasteiger partial charge is 0.334 e. The molecule has 0 amide bonds. The van der Waals surface area contributed by atoms with Crippen molar-refractivity contribution in [2.75, 3.05) is 6.54 Å². The first-order valence-electron chi connectivity index (χ1n) is 5.30. The molecule has 1 N–H and O–H groups in total. The number of rotatable bonds is 5. The Labute approximate surface area is 96.8 Å². The van der Waals surface area contributed by atoms with E-state index in [1.165, 1.54) is 0 Å². The van der Waals surface area contributed by atoms with Gasteiger partial charge in [-0.25, -0.2) is 4.98 Å². The minimum Gasteiger partial charge on any atom is -0.334 e. The molecule has 0 radical (unpaired) electrons. The predicted molar refractivity (Wildman–Crippen MR) is 64.4 cm³/mol. The fraction of sp³-hybridized carbons (Fsp3) is 0.727. The fourth-order valence-corrected chi connectivity index (χ4v) is 1.36. The van der Waals surface area contributed by atoms with Gasteiger partial charge in [0.1, 0.15) is 5.82 Å². The minimum atomic E-state index is -0.0317. The number of aryl methyl sites for hydroxylation is 1. The number of imidazole rings is 1. The highest BCUT2D eigenvalue weighted by Gasteiger charge is 2.22. The van der Waals surface area contributed by atoms with Gasteiger partial charge in [-0.15, -0.1) is 11.6 Å². The summed E-state index contributed by atoms with van der Waals surface area (Å²) in [5.74, 6) is 1.05. The molecule has 4 heteroatoms. The Balaban J connectivity index is 2.37. The highest BCUT2D eigenvalue weighted by atomic mass is 35.5. The van der Waals surface area contributed by atoms with Crippen LogP contribution in [0, 0.1) is 6.92 Å². The van der Waals surface area contributed by atoms with Gasteiger partial charge in [0, 0.05) is 36.4 Å². The summed E-state index contributed by atoms with van der Waals surface area (Å²) in [5, 5.41) is 3.56. The van der Waals surface area contributed by atoms with Gasteiger partial charge in [0.15, 0.2) is 0 Å². The molecule has 1 atom stereocenters. The van der Waals surface area contributed by atoms with Gasteiger partial charge >= 0.3 is 0 Å². The van der Waals surface area contributed by atoms with Crippen LogP contribution < -0.4 is 5.32 Å². The maximum atomic E-state index is 6.08. The molecular formula is C11H20ClN3. The van der Waals surface area contributed by atoms with Gasteiger partial charge in [0.05, 0.1) is 0 Å². The number of aromatic nitrogens is 2. The van der Waals surface area contributed by atoms with Gasteiger partial charge in [0.2, 0.25) is 0 Å². The second-order valence-electron chi connectivity index (χ2n) is 4.43. The SMILES string of the molecule is Cc1nccn1CCNC(C)(C)C(C)Cl. The van der Waals surface area contributed by atoms with Gasteiger partial charge in [-0.05, 0) is 27.7 Å². The number of nitrogens with one attached hydrogen (secondary N) is 1. The molecular weight excluding hydrogens is 210 g/mol. The lowest BCUT2D eigenvalue weighted by Gasteiger charge is -2.29. The molecule has 0 aliphatic carbocycles. The van der Waals surface area contributed by atoms with Gasteiger partial charge in [0.25, 0.3) is 0 Å². The molecule has 15 heavy (non-hydrogen) atoms. The van der Waals surface area contributed by atoms with Crippen molar-refractivity contribution in [3.05, 3.63) is 18.2 Å². The van der Waals surface area contributed by atoms with E-state index in [1.54, 1.807) is 0 Å². The van der Waals surface area contributed by atoms with Crippen LogP contribution in [-0.4, -0.2) is 27.0 Å². The fourth-order valence-electron chi connectivity index (χ4n) is 1.28. The molecule has 0 aliphatic heterocycles. The Morgan fingerprint density at radius 2 is 2.27 bits per heavy atom. The zero-order valence-electron chi connectivity index (χ0n) is 9.92. The van der Waals surface area contributed by atoms with E-state index in [-0.39, 0.29) is 10.9 Å². The number of hydrogen-bond donors (Lipinski definition) is 1. The van der Waals surface area contributed by atoms with Crippen LogP contribution in [0.1, 0.15) is 26.6 Å². The van der Waals surface area contributed by atoms with E-state index in [4.69, 9.17) is 11.6 Å². The Morgan fingerprint density at radius 3 is 2.73 bits per heavy atom. The lowest BCUT2D eigenvalue weighted by atomic mass is 10.0. The lowest BCUT2D eigenvalue weighted by molar-refractivity contribution is 0.372. The van der Waals surface area contributed by atoms with E-state index in [1.807, 2.05) is 26.2 Å². The van der Waals surface area contributed by atoms with Crippen molar-refractivity contribution in [2.45, 2.75) is 45.2 Å². The first-order valence-corrected chi connectivity index (χ1v) is 5.74. The van der Waals surface area contributed by atoms with Crippen LogP contribution in [-0.2, 0) is 6.54 Å². The van der Waals surface area contributed by atoms with E-state index in [0.29, 0.717) is 0 Å². The summed E-state index contributed by atoms with van der Waals surface area (Å²) in [5.41, 5.74) is -0.0317. The highest BCUT2D eigenvalue weighted by molar-refractivity contribution is 6.21. The topological polar surface area (TPSA) is 29.9 Å². The Bertz CT molecular complexity index is 305. The Morgan fingerprint density at radius 1 is 1.60 bits per heavy atom. The molecule has 86 valence electrons. The van der Waals surface area contributed by atoms with Crippen LogP contribution in [0.3, 0.4) is 0 Å². The molecule has 0 spiro atoms. The van der Waals surface area contributed by atoms with Gasteiger partial charge in [-0.3, -0.25) is 0 Å². The van der Waals surface area contributed by atoms with Crippen molar-refractivity contribution >= 4 is 11.6 Å². The van der Waals surface area contributed by atoms with E-state index in [9.17, 15) is 0 Å². The normalized spacial score (nSPS) is 14.2. The summed E-state index contributed by atoms with van der Waals surface area (Å²) in [7, 11) is 0. The molecule has 3 nitrogen and oxygen atoms in total. The molecule has 1 aromatic rings. The maximum absolute atomic E-state index is 6.08. The third-order valence-corrected chi connectivity index (χ3v) is 3.40. The second-order valence-corrected chi connectivity index (χ2v) is 5.09. The van der Waals surface area contributed by atoms with E-state index >= 15 is 0 Å². The van der Waals surface area contributed by atoms with Crippen molar-refractivity contribution in [3.63, 3.8) is 0 Å². The average molecular weight is 230 g/mol. The summed E-state index contributed by atoms with van der Waals surface area (Å²) in [6.45, 7) is 10.1. The van der Waals surface area contributed by atoms with Crippen molar-refractivity contribution in [2.24, 2.45) is 0 Å². The molecule has 0 saturated carbocycles. The highest BCUT2D eigenvalue weighted by Crippen LogP contribution is 2.14. The van der Waals surface area contributed by atoms with Crippen molar-refractivity contribution in [1.29, 1.82) is 0 Å². The number of nitrogens with zero attached hydrogens (tertiary/aromatic N) is 2. The van der Waals surface area contributed by atoms with E-state index in [0.717, 1.165) is 18.9 Å². The maximum Gasteiger partial charge on any atom is 0.105 e. The zero-order chi connectivity index (χ0) is 11.5. The third-order valence-electron chi connectivity index (χ3n) is 2.85. The summed E-state index contributed by atoms with van der Waals surface area (Å²) < 4.78 is 2.13. The smallest absolute Gasteiger partial charge is 0.105 e. The van der Waals surface area contributed by atoms with Gasteiger partial charge in [-0.1, -0.05) is 0 Å². The van der Waals surface area contributed by atoms with Gasteiger partial charge in [-0.2, -0.15) is 0 Å². The van der Waals surface area contributed by atoms with Crippen LogP contribution in [0.5, 0.6) is 0 Å². The zero-order valence-corrected chi connectivity index (χ0v) is 10.7. The van der Waals surface area contributed by atoms with Crippen molar-refractivity contribution < 1.29 is 0 Å². The molecule has 0 fully saturated rings. The Kier molecular flexibility index (Phi) is 4.17. The lowest BCUT2D eigenvalue weighted by Crippen LogP contribution is -2.47. The predicted octanol–water partition coefficient (Wildman–Crippen LogP) is 2.19. The Hall–Kier alpha value is -0.540. The standard InChI is InChI=1S/C11H20ClN3/c1-9(12)11(3,4)14-6-8-15-7-5-13-10(15)2/h5,7,9,14H,6,8H2,1-4H3. The molecule has 1 aromatic heterocycles. The monoisotopic (exact) mass is 229 g/mol. The minimum absolute atomic E-state index is 0.0317. The number of hydrogen-bond acceptors (Lipinski definition) is 2. The number of halogens is 1. The molecule has 0 saturated heterocycles. The first kappa shape index (κ1) is 12.5. The van der Waals surface area contributed by atoms with E-state index < -0.39 is 0 Å². The van der Waals surface area contributed by atoms with Crippen LogP contribution in [0.25, 0.3) is 0 Å². The average Bonchev–Trinajstić information content (AvgIpc) is 2.51. The molecule has 1 heterocycles. The first-order chi connectivity index (χ1) is 6.93. The van der Waals surface area contributed by atoms with Crippen LogP contribution in [0.15, 0.2) is 12.4 Å². The molecule has 1 rings (SSSR count).